The molecule has 0 aliphatic rings. The summed E-state index contributed by atoms with van der Waals surface area (Å²) in [5, 5.41) is 8.55. The number of hydrogen-bond acceptors (Lipinski definition) is 3. The molecule has 0 spiro atoms. The molecule has 0 aliphatic carbocycles. The third-order valence-corrected chi connectivity index (χ3v) is 1.75. The highest BCUT2D eigenvalue weighted by Crippen LogP contribution is 2.04. The number of nitriles is 1. The third kappa shape index (κ3) is 2.53. The van der Waals surface area contributed by atoms with Crippen molar-refractivity contribution in [3.63, 3.8) is 0 Å². The molecule has 0 aromatic heterocycles. The van der Waals surface area contributed by atoms with Crippen LogP contribution in [-0.4, -0.2) is 18.5 Å². The Bertz CT molecular complexity index is 385. The molecule has 1 aromatic carbocycles. The quantitative estimate of drug-likeness (QED) is 0.534. The van der Waals surface area contributed by atoms with Crippen LogP contribution in [0.4, 0.5) is 0 Å². The Balaban J connectivity index is 2.77. The molecule has 0 saturated heterocycles. The number of nitrogens with zero attached hydrogens (tertiary/aromatic N) is 2. The number of hydrogen-bond donors (Lipinski definition) is 0. The summed E-state index contributed by atoms with van der Waals surface area (Å²) in [6.07, 6.45) is 1.60. The second kappa shape index (κ2) is 4.93. The molecule has 0 heterocycles. The van der Waals surface area contributed by atoms with Crippen LogP contribution in [-0.2, 0) is 0 Å². The Labute approximate surface area is 82.7 Å². The zero-order chi connectivity index (χ0) is 10.4. The van der Waals surface area contributed by atoms with Crippen LogP contribution in [0.3, 0.4) is 0 Å². The molecule has 0 unspecified atom stereocenters. The van der Waals surface area contributed by atoms with E-state index in [1.54, 1.807) is 37.4 Å². The van der Waals surface area contributed by atoms with Crippen LogP contribution in [0.2, 0.25) is 0 Å². The van der Waals surface area contributed by atoms with E-state index < -0.39 is 0 Å². The van der Waals surface area contributed by atoms with Crippen molar-refractivity contribution in [1.82, 2.24) is 0 Å². The molecular formula is C11H10N2O. The van der Waals surface area contributed by atoms with Gasteiger partial charge in [-0.05, 0) is 25.3 Å². The minimum atomic E-state index is -0.0346. The van der Waals surface area contributed by atoms with Gasteiger partial charge in [0.15, 0.2) is 5.78 Å². The van der Waals surface area contributed by atoms with E-state index in [-0.39, 0.29) is 12.3 Å². The Kier molecular flexibility index (Phi) is 3.57. The van der Waals surface area contributed by atoms with Gasteiger partial charge in [0.05, 0.1) is 11.6 Å². The van der Waals surface area contributed by atoms with Gasteiger partial charge >= 0.3 is 0 Å². The first-order valence-electron chi connectivity index (χ1n) is 4.25. The standard InChI is InChI=1S/C11H10N2O/c1-2-13-8-11(14)10-5-3-9(7-12)4-6-10/h2-6H,8H2,1H3. The normalized spacial score (nSPS) is 10.0. The SMILES string of the molecule is CC=NCC(=O)c1ccc(C#N)cc1. The molecule has 1 aromatic rings. The van der Waals surface area contributed by atoms with Crippen molar-refractivity contribution in [2.45, 2.75) is 6.92 Å². The zero-order valence-electron chi connectivity index (χ0n) is 7.90. The Morgan fingerprint density at radius 2 is 2.14 bits per heavy atom. The van der Waals surface area contributed by atoms with Gasteiger partial charge in [0.2, 0.25) is 0 Å². The number of rotatable bonds is 3. The summed E-state index contributed by atoms with van der Waals surface area (Å²) in [4.78, 5) is 15.3. The molecule has 0 fully saturated rings. The van der Waals surface area contributed by atoms with Crippen molar-refractivity contribution >= 4 is 12.0 Å². The Hall–Kier alpha value is -1.95. The Morgan fingerprint density at radius 3 is 2.64 bits per heavy atom. The van der Waals surface area contributed by atoms with Gasteiger partial charge in [0.1, 0.15) is 6.54 Å². The summed E-state index contributed by atoms with van der Waals surface area (Å²) in [5.41, 5.74) is 1.15. The molecule has 14 heavy (non-hydrogen) atoms. The lowest BCUT2D eigenvalue weighted by Gasteiger charge is -1.96. The van der Waals surface area contributed by atoms with Crippen molar-refractivity contribution in [1.29, 1.82) is 5.26 Å². The van der Waals surface area contributed by atoms with Crippen LogP contribution in [0.1, 0.15) is 22.8 Å². The van der Waals surface area contributed by atoms with Crippen LogP contribution in [0.5, 0.6) is 0 Å². The van der Waals surface area contributed by atoms with Gasteiger partial charge in [-0.2, -0.15) is 5.26 Å². The van der Waals surface area contributed by atoms with Crippen molar-refractivity contribution in [2.24, 2.45) is 4.99 Å². The number of Topliss-reactive ketones (excluding diaryl/α,β-unsaturated/α-hetero) is 1. The van der Waals surface area contributed by atoms with Gasteiger partial charge in [0.25, 0.3) is 0 Å². The molecule has 0 bridgehead atoms. The lowest BCUT2D eigenvalue weighted by atomic mass is 10.1. The molecule has 1 rings (SSSR count). The molecule has 0 atom stereocenters. The molecule has 0 aliphatic heterocycles. The number of carbonyl (C=O) groups excluding carboxylic acids is 1. The number of ketones is 1. The second-order valence-electron chi connectivity index (χ2n) is 2.71. The predicted molar refractivity (Wildman–Crippen MR) is 54.5 cm³/mol. The molecule has 3 heteroatoms. The van der Waals surface area contributed by atoms with Crippen LogP contribution < -0.4 is 0 Å². The topological polar surface area (TPSA) is 53.2 Å². The maximum atomic E-state index is 11.4. The average Bonchev–Trinajstić information content (AvgIpc) is 2.26. The first kappa shape index (κ1) is 10.1. The maximum Gasteiger partial charge on any atom is 0.184 e. The van der Waals surface area contributed by atoms with E-state index in [9.17, 15) is 4.79 Å². The fraction of sp³-hybridized carbons (Fsp3) is 0.182. The highest BCUT2D eigenvalue weighted by Gasteiger charge is 2.03. The van der Waals surface area contributed by atoms with E-state index in [4.69, 9.17) is 5.26 Å². The summed E-state index contributed by atoms with van der Waals surface area (Å²) in [5.74, 6) is -0.0346. The first-order valence-corrected chi connectivity index (χ1v) is 4.25. The molecular weight excluding hydrogens is 176 g/mol. The zero-order valence-corrected chi connectivity index (χ0v) is 7.90. The minimum absolute atomic E-state index is 0.0346. The third-order valence-electron chi connectivity index (χ3n) is 1.75. The first-order chi connectivity index (χ1) is 6.77. The molecule has 0 N–H and O–H groups in total. The van der Waals surface area contributed by atoms with Gasteiger partial charge in [-0.25, -0.2) is 0 Å². The number of aliphatic imine (C=N–C) groups is 1. The van der Waals surface area contributed by atoms with Crippen molar-refractivity contribution in [3.05, 3.63) is 35.4 Å². The monoisotopic (exact) mass is 186 g/mol. The van der Waals surface area contributed by atoms with Gasteiger partial charge in [-0.15, -0.1) is 0 Å². The van der Waals surface area contributed by atoms with Crippen LogP contribution in [0.15, 0.2) is 29.3 Å². The highest BCUT2D eigenvalue weighted by atomic mass is 16.1. The van der Waals surface area contributed by atoms with Gasteiger partial charge in [0, 0.05) is 5.56 Å². The highest BCUT2D eigenvalue weighted by molar-refractivity contribution is 5.98. The summed E-state index contributed by atoms with van der Waals surface area (Å²) >= 11 is 0. The summed E-state index contributed by atoms with van der Waals surface area (Å²) < 4.78 is 0. The molecule has 3 nitrogen and oxygen atoms in total. The van der Waals surface area contributed by atoms with Gasteiger partial charge < -0.3 is 0 Å². The molecule has 70 valence electrons. The van der Waals surface area contributed by atoms with Gasteiger partial charge in [-0.3, -0.25) is 9.79 Å². The van der Waals surface area contributed by atoms with E-state index >= 15 is 0 Å². The number of carbonyl (C=O) groups is 1. The predicted octanol–water partition coefficient (Wildman–Crippen LogP) is 1.83. The van der Waals surface area contributed by atoms with Crippen molar-refractivity contribution < 1.29 is 4.79 Å². The summed E-state index contributed by atoms with van der Waals surface area (Å²) in [7, 11) is 0. The lowest BCUT2D eigenvalue weighted by molar-refractivity contribution is 0.100. The van der Waals surface area contributed by atoms with Crippen LogP contribution in [0, 0.1) is 11.3 Å². The van der Waals surface area contributed by atoms with E-state index in [2.05, 4.69) is 4.99 Å². The van der Waals surface area contributed by atoms with Crippen LogP contribution in [0.25, 0.3) is 0 Å². The summed E-state index contributed by atoms with van der Waals surface area (Å²) in [6.45, 7) is 1.94. The maximum absolute atomic E-state index is 11.4. The van der Waals surface area contributed by atoms with Crippen molar-refractivity contribution in [3.8, 4) is 6.07 Å². The van der Waals surface area contributed by atoms with Crippen molar-refractivity contribution in [2.75, 3.05) is 6.54 Å². The molecule has 0 saturated carbocycles. The number of benzene rings is 1. The fourth-order valence-electron chi connectivity index (χ4n) is 0.996. The van der Waals surface area contributed by atoms with E-state index in [1.807, 2.05) is 6.07 Å². The lowest BCUT2D eigenvalue weighted by Crippen LogP contribution is -2.02. The van der Waals surface area contributed by atoms with E-state index in [1.165, 1.54) is 0 Å². The fourth-order valence-corrected chi connectivity index (χ4v) is 0.996. The smallest absolute Gasteiger partial charge is 0.184 e. The minimum Gasteiger partial charge on any atom is -0.292 e. The van der Waals surface area contributed by atoms with Gasteiger partial charge in [-0.1, -0.05) is 12.1 Å². The molecule has 0 amide bonds. The Morgan fingerprint density at radius 1 is 1.50 bits per heavy atom. The van der Waals surface area contributed by atoms with E-state index in [0.717, 1.165) is 0 Å². The average molecular weight is 186 g/mol. The summed E-state index contributed by atoms with van der Waals surface area (Å²) in [6, 6.07) is 8.54. The molecule has 0 radical (unpaired) electrons. The van der Waals surface area contributed by atoms with E-state index in [0.29, 0.717) is 11.1 Å². The van der Waals surface area contributed by atoms with Crippen LogP contribution >= 0.6 is 0 Å². The second-order valence-corrected chi connectivity index (χ2v) is 2.71. The largest absolute Gasteiger partial charge is 0.292 e.